The standard InChI is InChI=1S/C32H46N4O5/c1-10-32(8,9)36(29(39)24(18-19-25(33)37)34-30(40)41-31(5,6)7)27(23-16-14-20(2)15-17-23)28(38)35-26-21(3)12-11-13-22(26)4/h11-17,24,27H,10,18-19H2,1-9H3,(H2,33,37)(H,34,40)(H,35,38). The zero-order valence-electron chi connectivity index (χ0n) is 25.9. The predicted molar refractivity (Wildman–Crippen MR) is 161 cm³/mol. The molecule has 4 amide bonds. The number of primary amides is 1. The van der Waals surface area contributed by atoms with Crippen LogP contribution >= 0.6 is 0 Å². The molecule has 0 fully saturated rings. The molecule has 224 valence electrons. The Morgan fingerprint density at radius 2 is 1.49 bits per heavy atom. The van der Waals surface area contributed by atoms with Gasteiger partial charge < -0.3 is 26.0 Å². The first-order valence-electron chi connectivity index (χ1n) is 14.0. The Hall–Kier alpha value is -3.88. The molecule has 0 saturated carbocycles. The molecule has 0 aliphatic rings. The summed E-state index contributed by atoms with van der Waals surface area (Å²) >= 11 is 0. The number of rotatable bonds is 11. The lowest BCUT2D eigenvalue weighted by Crippen LogP contribution is -2.59. The molecular formula is C32H46N4O5. The maximum absolute atomic E-state index is 14.5. The topological polar surface area (TPSA) is 131 Å². The Balaban J connectivity index is 2.67. The molecule has 9 heteroatoms. The quantitative estimate of drug-likeness (QED) is 0.332. The summed E-state index contributed by atoms with van der Waals surface area (Å²) in [7, 11) is 0. The largest absolute Gasteiger partial charge is 0.444 e. The van der Waals surface area contributed by atoms with Crippen LogP contribution in [0, 0.1) is 20.8 Å². The molecule has 0 spiro atoms. The summed E-state index contributed by atoms with van der Waals surface area (Å²) in [5, 5.41) is 5.70. The highest BCUT2D eigenvalue weighted by Gasteiger charge is 2.43. The molecule has 0 saturated heterocycles. The van der Waals surface area contributed by atoms with Crippen LogP contribution in [0.3, 0.4) is 0 Å². The van der Waals surface area contributed by atoms with E-state index in [9.17, 15) is 19.2 Å². The predicted octanol–water partition coefficient (Wildman–Crippen LogP) is 5.47. The van der Waals surface area contributed by atoms with Gasteiger partial charge in [0.2, 0.25) is 11.8 Å². The molecule has 0 bridgehead atoms. The molecule has 9 nitrogen and oxygen atoms in total. The lowest BCUT2D eigenvalue weighted by molar-refractivity contribution is -0.148. The van der Waals surface area contributed by atoms with E-state index in [-0.39, 0.29) is 12.8 Å². The van der Waals surface area contributed by atoms with Crippen molar-refractivity contribution in [2.45, 2.75) is 105 Å². The molecule has 2 unspecified atom stereocenters. The fourth-order valence-corrected chi connectivity index (χ4v) is 4.48. The minimum absolute atomic E-state index is 0.0527. The number of carbonyl (C=O) groups is 4. The molecule has 2 aromatic rings. The number of aryl methyl sites for hydroxylation is 3. The van der Waals surface area contributed by atoms with Crippen LogP contribution in [0.15, 0.2) is 42.5 Å². The zero-order valence-corrected chi connectivity index (χ0v) is 25.9. The number of amides is 4. The van der Waals surface area contributed by atoms with Crippen LogP contribution in [0.1, 0.15) is 89.1 Å². The summed E-state index contributed by atoms with van der Waals surface area (Å²) < 4.78 is 5.41. The van der Waals surface area contributed by atoms with Crippen molar-refractivity contribution in [1.82, 2.24) is 10.2 Å². The Labute approximate surface area is 244 Å². The number of nitrogens with one attached hydrogen (secondary N) is 2. The highest BCUT2D eigenvalue weighted by Crippen LogP contribution is 2.34. The van der Waals surface area contributed by atoms with Gasteiger partial charge in [-0.2, -0.15) is 0 Å². The van der Waals surface area contributed by atoms with Crippen LogP contribution in [0.5, 0.6) is 0 Å². The maximum atomic E-state index is 14.5. The summed E-state index contributed by atoms with van der Waals surface area (Å²) in [5.41, 5.74) is 7.85. The maximum Gasteiger partial charge on any atom is 0.408 e. The molecular weight excluding hydrogens is 520 g/mol. The molecule has 0 aromatic heterocycles. The Morgan fingerprint density at radius 1 is 0.927 bits per heavy atom. The summed E-state index contributed by atoms with van der Waals surface area (Å²) in [6, 6.07) is 11.0. The van der Waals surface area contributed by atoms with Crippen molar-refractivity contribution >= 4 is 29.5 Å². The van der Waals surface area contributed by atoms with Gasteiger partial charge in [-0.05, 0) is 84.9 Å². The van der Waals surface area contributed by atoms with Crippen molar-refractivity contribution < 1.29 is 23.9 Å². The molecule has 0 radical (unpaired) electrons. The van der Waals surface area contributed by atoms with Crippen molar-refractivity contribution in [1.29, 1.82) is 0 Å². The number of ether oxygens (including phenoxy) is 1. The van der Waals surface area contributed by atoms with Crippen LogP contribution in [0.2, 0.25) is 0 Å². The van der Waals surface area contributed by atoms with Crippen LogP contribution in [-0.4, -0.2) is 45.9 Å². The molecule has 2 aromatic carbocycles. The SMILES string of the molecule is CCC(C)(C)N(C(=O)C(CCC(N)=O)NC(=O)OC(C)(C)C)C(C(=O)Nc1c(C)cccc1C)c1ccc(C)cc1. The number of alkyl carbamates (subject to hydrolysis) is 1. The summed E-state index contributed by atoms with van der Waals surface area (Å²) in [5.74, 6) is -1.53. The second kappa shape index (κ2) is 13.7. The van der Waals surface area contributed by atoms with E-state index in [0.717, 1.165) is 16.7 Å². The van der Waals surface area contributed by atoms with E-state index in [2.05, 4.69) is 10.6 Å². The summed E-state index contributed by atoms with van der Waals surface area (Å²) in [6.45, 7) is 16.6. The molecule has 2 atom stereocenters. The highest BCUT2D eigenvalue weighted by molar-refractivity contribution is 6.00. The number of carbonyl (C=O) groups excluding carboxylic acids is 4. The average Bonchev–Trinajstić information content (AvgIpc) is 2.86. The summed E-state index contributed by atoms with van der Waals surface area (Å²) in [6.07, 6.45) is -0.493. The number of para-hydroxylation sites is 1. The van der Waals surface area contributed by atoms with Crippen molar-refractivity contribution in [3.05, 3.63) is 64.7 Å². The van der Waals surface area contributed by atoms with Gasteiger partial charge in [0.1, 0.15) is 17.7 Å². The van der Waals surface area contributed by atoms with Crippen LogP contribution in [-0.2, 0) is 19.1 Å². The molecule has 2 rings (SSSR count). The second-order valence-corrected chi connectivity index (χ2v) is 12.1. The van der Waals surface area contributed by atoms with Gasteiger partial charge in [0.05, 0.1) is 0 Å². The normalized spacial score (nSPS) is 13.1. The molecule has 0 heterocycles. The average molecular weight is 567 g/mol. The molecule has 0 aliphatic heterocycles. The van der Waals surface area contributed by atoms with Gasteiger partial charge in [-0.15, -0.1) is 0 Å². The fourth-order valence-electron chi connectivity index (χ4n) is 4.48. The van der Waals surface area contributed by atoms with Gasteiger partial charge in [-0.1, -0.05) is 55.0 Å². The monoisotopic (exact) mass is 566 g/mol. The smallest absolute Gasteiger partial charge is 0.408 e. The molecule has 0 aliphatic carbocycles. The Morgan fingerprint density at radius 3 is 1.98 bits per heavy atom. The van der Waals surface area contributed by atoms with Crippen LogP contribution < -0.4 is 16.4 Å². The number of hydrogen-bond donors (Lipinski definition) is 3. The van der Waals surface area contributed by atoms with Crippen LogP contribution in [0.25, 0.3) is 0 Å². The number of hydrogen-bond acceptors (Lipinski definition) is 5. The summed E-state index contributed by atoms with van der Waals surface area (Å²) in [4.78, 5) is 54.7. The Bertz CT molecular complexity index is 1230. The van der Waals surface area contributed by atoms with Gasteiger partial charge in [0.15, 0.2) is 0 Å². The molecule has 4 N–H and O–H groups in total. The van der Waals surface area contributed by atoms with E-state index in [1.54, 1.807) is 20.8 Å². The van der Waals surface area contributed by atoms with Crippen molar-refractivity contribution in [2.24, 2.45) is 5.73 Å². The first-order valence-corrected chi connectivity index (χ1v) is 14.0. The van der Waals surface area contributed by atoms with E-state index >= 15 is 0 Å². The first-order chi connectivity index (χ1) is 19.0. The van der Waals surface area contributed by atoms with Gasteiger partial charge in [-0.25, -0.2) is 4.79 Å². The van der Waals surface area contributed by atoms with E-state index in [4.69, 9.17) is 10.5 Å². The van der Waals surface area contributed by atoms with Gasteiger partial charge >= 0.3 is 6.09 Å². The second-order valence-electron chi connectivity index (χ2n) is 12.1. The van der Waals surface area contributed by atoms with E-state index in [0.29, 0.717) is 17.7 Å². The number of nitrogens with zero attached hydrogens (tertiary/aromatic N) is 1. The van der Waals surface area contributed by atoms with Crippen molar-refractivity contribution in [3.8, 4) is 0 Å². The molecule has 41 heavy (non-hydrogen) atoms. The van der Waals surface area contributed by atoms with Crippen LogP contribution in [0.4, 0.5) is 10.5 Å². The first kappa shape index (κ1) is 33.3. The van der Waals surface area contributed by atoms with Crippen molar-refractivity contribution in [3.63, 3.8) is 0 Å². The van der Waals surface area contributed by atoms with E-state index in [1.807, 2.05) is 84.0 Å². The lowest BCUT2D eigenvalue weighted by atomic mass is 9.91. The number of nitrogens with two attached hydrogens (primary N) is 1. The third kappa shape index (κ3) is 9.33. The lowest BCUT2D eigenvalue weighted by Gasteiger charge is -2.44. The van der Waals surface area contributed by atoms with Gasteiger partial charge in [0, 0.05) is 17.6 Å². The fraction of sp³-hybridized carbons (Fsp3) is 0.500. The zero-order chi connectivity index (χ0) is 31.1. The minimum Gasteiger partial charge on any atom is -0.444 e. The third-order valence-corrected chi connectivity index (χ3v) is 7.05. The number of anilines is 1. The minimum atomic E-state index is -1.16. The van der Waals surface area contributed by atoms with E-state index in [1.165, 1.54) is 4.90 Å². The Kier molecular flexibility index (Phi) is 11.1. The van der Waals surface area contributed by atoms with E-state index < -0.39 is 47.0 Å². The van der Waals surface area contributed by atoms with Gasteiger partial charge in [-0.3, -0.25) is 14.4 Å². The number of benzene rings is 2. The van der Waals surface area contributed by atoms with Gasteiger partial charge in [0.25, 0.3) is 5.91 Å². The third-order valence-electron chi connectivity index (χ3n) is 7.05. The highest BCUT2D eigenvalue weighted by atomic mass is 16.6. The van der Waals surface area contributed by atoms with Crippen molar-refractivity contribution in [2.75, 3.05) is 5.32 Å².